The van der Waals surface area contributed by atoms with Crippen molar-refractivity contribution >= 4 is 17.7 Å². The molecule has 38 heavy (non-hydrogen) atoms. The van der Waals surface area contributed by atoms with Gasteiger partial charge in [0.15, 0.2) is 0 Å². The van der Waals surface area contributed by atoms with Crippen molar-refractivity contribution in [1.82, 2.24) is 15.0 Å². The summed E-state index contributed by atoms with van der Waals surface area (Å²) in [5.41, 5.74) is 14.1. The van der Waals surface area contributed by atoms with Crippen molar-refractivity contribution < 1.29 is 19.4 Å². The molecule has 0 fully saturated rings. The topological polar surface area (TPSA) is 166 Å². The molecule has 0 aliphatic rings. The molecule has 0 aliphatic heterocycles. The lowest BCUT2D eigenvalue weighted by atomic mass is 9.87. The first-order valence-corrected chi connectivity index (χ1v) is 12.0. The highest BCUT2D eigenvalue weighted by Gasteiger charge is 2.25. The fraction of sp³-hybridized carbons (Fsp3) is 0.179. The van der Waals surface area contributed by atoms with Crippen molar-refractivity contribution in [2.45, 2.75) is 25.3 Å². The third-order valence-electron chi connectivity index (χ3n) is 5.89. The van der Waals surface area contributed by atoms with Gasteiger partial charge >= 0.3 is 12.0 Å². The number of nitrogens with zero attached hydrogens (tertiary/aromatic N) is 3. The largest absolute Gasteiger partial charge is 0.481 e. The van der Waals surface area contributed by atoms with Gasteiger partial charge < -0.3 is 26.6 Å². The van der Waals surface area contributed by atoms with E-state index in [4.69, 9.17) is 16.2 Å². The van der Waals surface area contributed by atoms with E-state index in [9.17, 15) is 14.7 Å². The number of primary amides is 1. The van der Waals surface area contributed by atoms with Crippen LogP contribution in [0, 0.1) is 0 Å². The smallest absolute Gasteiger partial charge is 0.322 e. The molecule has 0 radical (unpaired) electrons. The molecule has 10 nitrogen and oxygen atoms in total. The van der Waals surface area contributed by atoms with Gasteiger partial charge in [0.2, 0.25) is 5.91 Å². The van der Waals surface area contributed by atoms with Gasteiger partial charge in [0.25, 0.3) is 0 Å². The summed E-state index contributed by atoms with van der Waals surface area (Å²) in [6.45, 7) is 0.932. The number of benzene rings is 2. The Morgan fingerprint density at radius 1 is 1.00 bits per heavy atom. The SMILES string of the molecule is NCCc1ccc(C(N)=O)cc1C(Cc1ccnc(Oc2ccc(CNc3ccccn3)cc2)n1)C(=O)O. The fourth-order valence-electron chi connectivity index (χ4n) is 3.97. The Morgan fingerprint density at radius 3 is 2.50 bits per heavy atom. The minimum atomic E-state index is -1.05. The second-order valence-electron chi connectivity index (χ2n) is 8.56. The molecular weight excluding hydrogens is 484 g/mol. The van der Waals surface area contributed by atoms with Crippen LogP contribution in [0.5, 0.6) is 11.8 Å². The van der Waals surface area contributed by atoms with E-state index >= 15 is 0 Å². The number of aliphatic carboxylic acids is 1. The van der Waals surface area contributed by atoms with Gasteiger partial charge in [0.1, 0.15) is 11.6 Å². The average Bonchev–Trinajstić information content (AvgIpc) is 2.92. The summed E-state index contributed by atoms with van der Waals surface area (Å²) in [4.78, 5) is 36.8. The maximum atomic E-state index is 12.3. The van der Waals surface area contributed by atoms with E-state index in [-0.39, 0.29) is 18.0 Å². The third kappa shape index (κ3) is 6.89. The van der Waals surface area contributed by atoms with Crippen molar-refractivity contribution in [3.63, 3.8) is 0 Å². The van der Waals surface area contributed by atoms with Gasteiger partial charge in [-0.25, -0.2) is 9.97 Å². The molecule has 2 aromatic carbocycles. The predicted octanol–water partition coefficient (Wildman–Crippen LogP) is 3.29. The molecule has 0 saturated heterocycles. The molecule has 0 saturated carbocycles. The molecule has 1 amide bonds. The molecule has 4 rings (SSSR count). The highest BCUT2D eigenvalue weighted by Crippen LogP contribution is 2.27. The van der Waals surface area contributed by atoms with Crippen LogP contribution in [0.25, 0.3) is 0 Å². The summed E-state index contributed by atoms with van der Waals surface area (Å²) in [6, 6.07) is 19.6. The predicted molar refractivity (Wildman–Crippen MR) is 142 cm³/mol. The number of carboxylic acids is 1. The van der Waals surface area contributed by atoms with Crippen molar-refractivity contribution in [2.24, 2.45) is 11.5 Å². The van der Waals surface area contributed by atoms with E-state index in [0.717, 1.165) is 16.9 Å². The monoisotopic (exact) mass is 512 g/mol. The second-order valence-corrected chi connectivity index (χ2v) is 8.56. The van der Waals surface area contributed by atoms with E-state index < -0.39 is 17.8 Å². The van der Waals surface area contributed by atoms with Gasteiger partial charge in [-0.2, -0.15) is 4.98 Å². The highest BCUT2D eigenvalue weighted by atomic mass is 16.5. The first-order chi connectivity index (χ1) is 18.4. The molecule has 1 unspecified atom stereocenters. The lowest BCUT2D eigenvalue weighted by Crippen LogP contribution is -2.20. The Bertz CT molecular complexity index is 1400. The van der Waals surface area contributed by atoms with E-state index in [2.05, 4.69) is 20.3 Å². The van der Waals surface area contributed by atoms with Gasteiger partial charge in [-0.05, 0) is 72.1 Å². The number of nitrogens with two attached hydrogens (primary N) is 2. The molecule has 6 N–H and O–H groups in total. The van der Waals surface area contributed by atoms with Gasteiger partial charge in [-0.3, -0.25) is 9.59 Å². The number of carbonyl (C=O) groups is 2. The zero-order valence-corrected chi connectivity index (χ0v) is 20.6. The van der Waals surface area contributed by atoms with E-state index in [1.54, 1.807) is 36.5 Å². The quantitative estimate of drug-likeness (QED) is 0.223. The van der Waals surface area contributed by atoms with Gasteiger partial charge in [-0.15, -0.1) is 0 Å². The molecule has 4 aromatic rings. The van der Waals surface area contributed by atoms with Crippen molar-refractivity contribution in [3.8, 4) is 11.8 Å². The molecule has 10 heteroatoms. The van der Waals surface area contributed by atoms with Crippen LogP contribution in [0.2, 0.25) is 0 Å². The second kappa shape index (κ2) is 12.4. The zero-order chi connectivity index (χ0) is 26.9. The summed E-state index contributed by atoms with van der Waals surface area (Å²) in [5, 5.41) is 13.3. The maximum Gasteiger partial charge on any atom is 0.322 e. The molecule has 2 aromatic heterocycles. The number of pyridine rings is 1. The van der Waals surface area contributed by atoms with Crippen LogP contribution in [0.1, 0.15) is 38.7 Å². The van der Waals surface area contributed by atoms with Crippen LogP contribution in [0.3, 0.4) is 0 Å². The minimum Gasteiger partial charge on any atom is -0.481 e. The van der Waals surface area contributed by atoms with E-state index in [1.807, 2.05) is 30.3 Å². The summed E-state index contributed by atoms with van der Waals surface area (Å²) >= 11 is 0. The lowest BCUT2D eigenvalue weighted by molar-refractivity contribution is -0.138. The maximum absolute atomic E-state index is 12.3. The number of hydrogen-bond acceptors (Lipinski definition) is 8. The fourth-order valence-corrected chi connectivity index (χ4v) is 3.97. The molecule has 0 aliphatic carbocycles. The van der Waals surface area contributed by atoms with Crippen molar-refractivity contribution in [2.75, 3.05) is 11.9 Å². The summed E-state index contributed by atoms with van der Waals surface area (Å²) in [5.74, 6) is -1.33. The molecular formula is C28H28N6O4. The van der Waals surface area contributed by atoms with Gasteiger partial charge in [0.05, 0.1) is 5.92 Å². The Hall–Kier alpha value is -4.83. The highest BCUT2D eigenvalue weighted by molar-refractivity contribution is 5.93. The van der Waals surface area contributed by atoms with Crippen LogP contribution in [-0.2, 0) is 24.2 Å². The van der Waals surface area contributed by atoms with Gasteiger partial charge in [0, 0.05) is 36.6 Å². The summed E-state index contributed by atoms with van der Waals surface area (Å²) in [6.07, 6.45) is 3.77. The first kappa shape index (κ1) is 26.2. The van der Waals surface area contributed by atoms with Crippen LogP contribution in [-0.4, -0.2) is 38.5 Å². The number of aromatic nitrogens is 3. The number of hydrogen-bond donors (Lipinski definition) is 4. The van der Waals surface area contributed by atoms with E-state index in [0.29, 0.717) is 36.5 Å². The van der Waals surface area contributed by atoms with Crippen LogP contribution < -0.4 is 21.5 Å². The van der Waals surface area contributed by atoms with E-state index in [1.165, 1.54) is 12.3 Å². The minimum absolute atomic E-state index is 0.0616. The zero-order valence-electron chi connectivity index (χ0n) is 20.6. The number of ether oxygens (including phenoxy) is 1. The van der Waals surface area contributed by atoms with Gasteiger partial charge in [-0.1, -0.05) is 24.3 Å². The number of carboxylic acid groups (broad SMARTS) is 1. The van der Waals surface area contributed by atoms with Crippen molar-refractivity contribution in [1.29, 1.82) is 0 Å². The molecule has 1 atom stereocenters. The van der Waals surface area contributed by atoms with Crippen molar-refractivity contribution in [3.05, 3.63) is 107 Å². The number of rotatable bonds is 12. The number of anilines is 1. The molecule has 194 valence electrons. The lowest BCUT2D eigenvalue weighted by Gasteiger charge is -2.18. The summed E-state index contributed by atoms with van der Waals surface area (Å²) < 4.78 is 5.82. The Kier molecular flexibility index (Phi) is 8.57. The standard InChI is InChI=1S/C28H28N6O4/c29-12-10-19-6-7-20(26(30)35)15-23(19)24(27(36)37)16-21-11-14-32-28(34-21)38-22-8-4-18(5-9-22)17-33-25-3-1-2-13-31-25/h1-9,11,13-15,24H,10,12,16-17,29H2,(H2,30,35)(H,31,33)(H,36,37). The number of amides is 1. The Morgan fingerprint density at radius 2 is 1.82 bits per heavy atom. The number of carbonyl (C=O) groups excluding carboxylic acids is 1. The number of nitrogens with one attached hydrogen (secondary N) is 1. The average molecular weight is 513 g/mol. The van der Waals surface area contributed by atoms with Crippen LogP contribution >= 0.6 is 0 Å². The Balaban J connectivity index is 1.47. The van der Waals surface area contributed by atoms with Crippen LogP contribution in [0.4, 0.5) is 5.82 Å². The Labute approximate surface area is 219 Å². The molecule has 0 spiro atoms. The molecule has 0 bridgehead atoms. The normalized spacial score (nSPS) is 11.5. The van der Waals surface area contributed by atoms with Crippen LogP contribution in [0.15, 0.2) is 79.1 Å². The third-order valence-corrected chi connectivity index (χ3v) is 5.89. The summed E-state index contributed by atoms with van der Waals surface area (Å²) in [7, 11) is 0. The molecule has 2 heterocycles. The first-order valence-electron chi connectivity index (χ1n) is 12.0.